The summed E-state index contributed by atoms with van der Waals surface area (Å²) in [7, 11) is 0. The van der Waals surface area contributed by atoms with Crippen molar-refractivity contribution in [1.29, 1.82) is 5.53 Å². The molecule has 3 heteroatoms. The first-order valence-electron chi connectivity index (χ1n) is 2.05. The largest absolute Gasteiger partial charge is 0.298 e. The Hall–Kier alpha value is -0.730. The minimum absolute atomic E-state index is 0.0602. The van der Waals surface area contributed by atoms with Gasteiger partial charge >= 0.3 is 0 Å². The molecule has 0 heterocycles. The lowest BCUT2D eigenvalue weighted by molar-refractivity contribution is -0.117. The number of Topliss-reactive ketones (excluding diaryl/α,β-unsaturated/α-hetero) is 1. The molecule has 7 heavy (non-hydrogen) atoms. The second-order valence-corrected chi connectivity index (χ2v) is 1.42. The zero-order valence-corrected chi connectivity index (χ0v) is 4.43. The molecular weight excluding hydrogens is 92.1 g/mol. The molecule has 0 fully saturated rings. The zero-order chi connectivity index (χ0) is 5.86. The maximum absolute atomic E-state index is 10.2. The minimum Gasteiger partial charge on any atom is -0.298 e. The third kappa shape index (κ3) is 2.03. The Bertz CT molecular complexity index is 89.7. The van der Waals surface area contributed by atoms with Crippen LogP contribution >= 0.6 is 0 Å². The highest BCUT2D eigenvalue weighted by Gasteiger charge is 2.01. The van der Waals surface area contributed by atoms with Crippen LogP contribution in [0.4, 0.5) is 0 Å². The van der Waals surface area contributed by atoms with Gasteiger partial charge in [0.25, 0.3) is 0 Å². The average Bonchev–Trinajstić information content (AvgIpc) is 1.65. The Labute approximate surface area is 42.2 Å². The van der Waals surface area contributed by atoms with Crippen molar-refractivity contribution in [2.75, 3.05) is 0 Å². The highest BCUT2D eigenvalue weighted by molar-refractivity contribution is 5.80. The van der Waals surface area contributed by atoms with Gasteiger partial charge in [-0.1, -0.05) is 0 Å². The SMILES string of the molecule is CC(=O)C(C)N=N. The van der Waals surface area contributed by atoms with Gasteiger partial charge in [-0.15, -0.1) is 0 Å². The molecule has 0 rings (SSSR count). The Morgan fingerprint density at radius 3 is 2.29 bits per heavy atom. The molecule has 0 bridgehead atoms. The average molecular weight is 100 g/mol. The lowest BCUT2D eigenvalue weighted by atomic mass is 10.3. The molecule has 1 atom stereocenters. The smallest absolute Gasteiger partial charge is 0.155 e. The van der Waals surface area contributed by atoms with E-state index in [1.165, 1.54) is 6.92 Å². The van der Waals surface area contributed by atoms with E-state index in [-0.39, 0.29) is 5.78 Å². The van der Waals surface area contributed by atoms with E-state index in [2.05, 4.69) is 5.11 Å². The van der Waals surface area contributed by atoms with Crippen LogP contribution in [0.3, 0.4) is 0 Å². The topological polar surface area (TPSA) is 53.3 Å². The number of nitrogens with one attached hydrogen (secondary N) is 1. The quantitative estimate of drug-likeness (QED) is 0.517. The van der Waals surface area contributed by atoms with Crippen LogP contribution in [-0.4, -0.2) is 11.8 Å². The predicted molar refractivity (Wildman–Crippen MR) is 25.3 cm³/mol. The fraction of sp³-hybridized carbons (Fsp3) is 0.750. The molecule has 0 amide bonds. The molecule has 0 saturated carbocycles. The molecule has 0 aromatic carbocycles. The van der Waals surface area contributed by atoms with E-state index < -0.39 is 6.04 Å². The molecule has 0 aliphatic heterocycles. The summed E-state index contributed by atoms with van der Waals surface area (Å²) in [5, 5.41) is 2.99. The predicted octanol–water partition coefficient (Wildman–Crippen LogP) is 0.995. The number of carbonyl (C=O) groups excluding carboxylic acids is 1. The molecule has 3 nitrogen and oxygen atoms in total. The molecule has 0 aromatic heterocycles. The number of ketones is 1. The van der Waals surface area contributed by atoms with Crippen molar-refractivity contribution in [3.05, 3.63) is 0 Å². The first-order chi connectivity index (χ1) is 3.18. The summed E-state index contributed by atoms with van der Waals surface area (Å²) in [6.07, 6.45) is 0. The van der Waals surface area contributed by atoms with Gasteiger partial charge in [0, 0.05) is 0 Å². The fourth-order valence-corrected chi connectivity index (χ4v) is 0.0909. The molecule has 0 aliphatic carbocycles. The van der Waals surface area contributed by atoms with Crippen LogP contribution in [-0.2, 0) is 4.79 Å². The van der Waals surface area contributed by atoms with Crippen LogP contribution in [0.5, 0.6) is 0 Å². The monoisotopic (exact) mass is 100 g/mol. The molecule has 0 saturated heterocycles. The van der Waals surface area contributed by atoms with E-state index in [0.717, 1.165) is 0 Å². The van der Waals surface area contributed by atoms with Crippen LogP contribution < -0.4 is 0 Å². The fourth-order valence-electron chi connectivity index (χ4n) is 0.0909. The van der Waals surface area contributed by atoms with Crippen LogP contribution in [0.1, 0.15) is 13.8 Å². The minimum atomic E-state index is -0.444. The van der Waals surface area contributed by atoms with E-state index in [0.29, 0.717) is 0 Å². The molecule has 1 unspecified atom stereocenters. The first kappa shape index (κ1) is 6.27. The van der Waals surface area contributed by atoms with Crippen molar-refractivity contribution in [3.8, 4) is 0 Å². The van der Waals surface area contributed by atoms with E-state index in [1.54, 1.807) is 6.92 Å². The molecule has 0 aromatic rings. The number of hydrogen-bond acceptors (Lipinski definition) is 3. The van der Waals surface area contributed by atoms with Crippen molar-refractivity contribution in [3.63, 3.8) is 0 Å². The number of hydrogen-bond donors (Lipinski definition) is 1. The Morgan fingerprint density at radius 1 is 1.86 bits per heavy atom. The number of carbonyl (C=O) groups is 1. The van der Waals surface area contributed by atoms with Gasteiger partial charge in [-0.3, -0.25) is 4.79 Å². The molecule has 0 aliphatic rings. The van der Waals surface area contributed by atoms with Crippen molar-refractivity contribution in [1.82, 2.24) is 0 Å². The summed E-state index contributed by atoms with van der Waals surface area (Å²) in [6, 6.07) is -0.444. The Kier molecular flexibility index (Phi) is 2.19. The van der Waals surface area contributed by atoms with Crippen LogP contribution in [0.25, 0.3) is 0 Å². The lowest BCUT2D eigenvalue weighted by Gasteiger charge is -1.91. The van der Waals surface area contributed by atoms with Gasteiger partial charge in [-0.05, 0) is 13.8 Å². The summed E-state index contributed by atoms with van der Waals surface area (Å²) in [5.41, 5.74) is 6.34. The molecular formula is C4H8N2O. The summed E-state index contributed by atoms with van der Waals surface area (Å²) in [5.74, 6) is -0.0602. The van der Waals surface area contributed by atoms with Crippen molar-refractivity contribution >= 4 is 5.78 Å². The van der Waals surface area contributed by atoms with Crippen LogP contribution in [0.15, 0.2) is 5.11 Å². The van der Waals surface area contributed by atoms with Gasteiger partial charge in [-0.2, -0.15) is 5.11 Å². The third-order valence-electron chi connectivity index (χ3n) is 0.782. The second-order valence-electron chi connectivity index (χ2n) is 1.42. The van der Waals surface area contributed by atoms with Gasteiger partial charge in [0.1, 0.15) is 6.04 Å². The standard InChI is InChI=1S/C4H8N2O/c1-3(6-5)4(2)7/h3,5H,1-2H3. The van der Waals surface area contributed by atoms with Gasteiger partial charge in [0.15, 0.2) is 5.78 Å². The van der Waals surface area contributed by atoms with E-state index in [1.807, 2.05) is 0 Å². The molecule has 0 radical (unpaired) electrons. The number of rotatable bonds is 2. The Morgan fingerprint density at radius 2 is 2.29 bits per heavy atom. The number of nitrogens with zero attached hydrogens (tertiary/aromatic N) is 1. The van der Waals surface area contributed by atoms with Crippen LogP contribution in [0, 0.1) is 5.53 Å². The summed E-state index contributed by atoms with van der Waals surface area (Å²) in [4.78, 5) is 10.2. The normalized spacial score (nSPS) is 12.9. The van der Waals surface area contributed by atoms with Gasteiger partial charge in [0.05, 0.1) is 0 Å². The van der Waals surface area contributed by atoms with Crippen molar-refractivity contribution < 1.29 is 4.79 Å². The summed E-state index contributed by atoms with van der Waals surface area (Å²) < 4.78 is 0. The molecule has 40 valence electrons. The van der Waals surface area contributed by atoms with E-state index >= 15 is 0 Å². The van der Waals surface area contributed by atoms with Crippen molar-refractivity contribution in [2.45, 2.75) is 19.9 Å². The highest BCUT2D eigenvalue weighted by atomic mass is 16.1. The summed E-state index contributed by atoms with van der Waals surface area (Å²) in [6.45, 7) is 3.01. The zero-order valence-electron chi connectivity index (χ0n) is 4.43. The van der Waals surface area contributed by atoms with E-state index in [4.69, 9.17) is 5.53 Å². The van der Waals surface area contributed by atoms with E-state index in [9.17, 15) is 4.79 Å². The second kappa shape index (κ2) is 2.44. The van der Waals surface area contributed by atoms with Crippen LogP contribution in [0.2, 0.25) is 0 Å². The molecule has 1 N–H and O–H groups in total. The third-order valence-corrected chi connectivity index (χ3v) is 0.782. The van der Waals surface area contributed by atoms with Crippen molar-refractivity contribution in [2.24, 2.45) is 5.11 Å². The van der Waals surface area contributed by atoms with Gasteiger partial charge < -0.3 is 0 Å². The lowest BCUT2D eigenvalue weighted by Crippen LogP contribution is -2.07. The molecule has 0 spiro atoms. The maximum Gasteiger partial charge on any atom is 0.155 e. The Balaban J connectivity index is 3.55. The summed E-state index contributed by atoms with van der Waals surface area (Å²) >= 11 is 0. The maximum atomic E-state index is 10.2. The van der Waals surface area contributed by atoms with Gasteiger partial charge in [-0.25, -0.2) is 5.53 Å². The van der Waals surface area contributed by atoms with Gasteiger partial charge in [0.2, 0.25) is 0 Å². The highest BCUT2D eigenvalue weighted by Crippen LogP contribution is 1.86. The first-order valence-corrected chi connectivity index (χ1v) is 2.05.